The lowest BCUT2D eigenvalue weighted by molar-refractivity contribution is -0.132. The summed E-state index contributed by atoms with van der Waals surface area (Å²) >= 11 is 0. The third-order valence-electron chi connectivity index (χ3n) is 3.36. The van der Waals surface area contributed by atoms with Crippen molar-refractivity contribution in [3.8, 4) is 5.75 Å². The van der Waals surface area contributed by atoms with Crippen LogP contribution in [0.25, 0.3) is 0 Å². The zero-order valence-electron chi connectivity index (χ0n) is 11.5. The molecule has 104 valence electrons. The van der Waals surface area contributed by atoms with Crippen molar-refractivity contribution in [3.63, 3.8) is 0 Å². The molecule has 2 rings (SSSR count). The van der Waals surface area contributed by atoms with Gasteiger partial charge < -0.3 is 15.4 Å². The average Bonchev–Trinajstić information content (AvgIpc) is 2.60. The predicted molar refractivity (Wildman–Crippen MR) is 74.9 cm³/mol. The van der Waals surface area contributed by atoms with Gasteiger partial charge in [-0.25, -0.2) is 0 Å². The van der Waals surface area contributed by atoms with Gasteiger partial charge in [0.1, 0.15) is 12.4 Å². The van der Waals surface area contributed by atoms with Crippen LogP contribution in [0.3, 0.4) is 0 Å². The second-order valence-electron chi connectivity index (χ2n) is 5.14. The lowest BCUT2D eigenvalue weighted by Gasteiger charge is -2.20. The summed E-state index contributed by atoms with van der Waals surface area (Å²) in [4.78, 5) is 14.1. The summed E-state index contributed by atoms with van der Waals surface area (Å²) < 4.78 is 5.66. The van der Waals surface area contributed by atoms with Crippen molar-refractivity contribution in [1.29, 1.82) is 0 Å². The number of benzene rings is 1. The molecule has 2 N–H and O–H groups in total. The van der Waals surface area contributed by atoms with Crippen molar-refractivity contribution >= 4 is 5.91 Å². The van der Waals surface area contributed by atoms with Gasteiger partial charge in [-0.05, 0) is 25.8 Å². The zero-order valence-corrected chi connectivity index (χ0v) is 11.5. The van der Waals surface area contributed by atoms with Gasteiger partial charge in [-0.3, -0.25) is 4.79 Å². The number of amides is 1. The fourth-order valence-corrected chi connectivity index (χ4v) is 2.27. The number of fused-ring (bicyclic) bond motifs is 1. The number of ether oxygens (including phenoxy) is 1. The van der Waals surface area contributed by atoms with E-state index in [1.165, 1.54) is 0 Å². The lowest BCUT2D eigenvalue weighted by atomic mass is 10.1. The van der Waals surface area contributed by atoms with Gasteiger partial charge in [0.05, 0.1) is 6.54 Å². The van der Waals surface area contributed by atoms with E-state index in [0.717, 1.165) is 24.2 Å². The van der Waals surface area contributed by atoms with E-state index in [0.29, 0.717) is 26.1 Å². The van der Waals surface area contributed by atoms with Crippen LogP contribution < -0.4 is 10.5 Å². The molecule has 0 aromatic heterocycles. The summed E-state index contributed by atoms with van der Waals surface area (Å²) in [6.45, 7) is 3.84. The van der Waals surface area contributed by atoms with Crippen LogP contribution in [0.2, 0.25) is 0 Å². The molecular formula is C15H22N2O2. The Balaban J connectivity index is 1.92. The van der Waals surface area contributed by atoms with Crippen molar-refractivity contribution in [2.24, 2.45) is 5.73 Å². The van der Waals surface area contributed by atoms with Crippen LogP contribution in [0.4, 0.5) is 0 Å². The maximum atomic E-state index is 12.2. The zero-order chi connectivity index (χ0) is 13.7. The number of carbonyl (C=O) groups excluding carboxylic acids is 1. The summed E-state index contributed by atoms with van der Waals surface area (Å²) in [5.41, 5.74) is 6.78. The van der Waals surface area contributed by atoms with Crippen LogP contribution in [-0.4, -0.2) is 30.0 Å². The Bertz CT molecular complexity index is 432. The largest absolute Gasteiger partial charge is 0.491 e. The highest BCUT2D eigenvalue weighted by Crippen LogP contribution is 2.22. The first kappa shape index (κ1) is 13.9. The van der Waals surface area contributed by atoms with Crippen LogP contribution in [0, 0.1) is 0 Å². The molecule has 0 radical (unpaired) electrons. The first-order chi connectivity index (χ1) is 9.16. The van der Waals surface area contributed by atoms with E-state index in [1.807, 2.05) is 36.1 Å². The normalized spacial score (nSPS) is 16.2. The molecule has 19 heavy (non-hydrogen) atoms. The SMILES string of the molecule is CC(N)CCCC(=O)N1CCOc2ccccc2C1. The van der Waals surface area contributed by atoms with Crippen molar-refractivity contribution in [2.45, 2.75) is 38.8 Å². The van der Waals surface area contributed by atoms with E-state index in [2.05, 4.69) is 0 Å². The molecule has 1 aliphatic rings. The maximum absolute atomic E-state index is 12.2. The Kier molecular flexibility index (Phi) is 4.80. The van der Waals surface area contributed by atoms with E-state index in [9.17, 15) is 4.79 Å². The number of rotatable bonds is 4. The van der Waals surface area contributed by atoms with Gasteiger partial charge in [-0.2, -0.15) is 0 Å². The molecule has 0 spiro atoms. The molecule has 0 saturated heterocycles. The van der Waals surface area contributed by atoms with Crippen molar-refractivity contribution in [3.05, 3.63) is 29.8 Å². The van der Waals surface area contributed by atoms with Gasteiger partial charge in [-0.1, -0.05) is 18.2 Å². The Morgan fingerprint density at radius 1 is 1.47 bits per heavy atom. The second-order valence-corrected chi connectivity index (χ2v) is 5.14. The van der Waals surface area contributed by atoms with E-state index < -0.39 is 0 Å². The predicted octanol–water partition coefficient (Wildman–Crippen LogP) is 1.93. The Morgan fingerprint density at radius 2 is 2.26 bits per heavy atom. The molecule has 1 heterocycles. The van der Waals surface area contributed by atoms with Gasteiger partial charge in [0.25, 0.3) is 0 Å². The maximum Gasteiger partial charge on any atom is 0.222 e. The van der Waals surface area contributed by atoms with Gasteiger partial charge in [0.2, 0.25) is 5.91 Å². The molecule has 1 atom stereocenters. The molecular weight excluding hydrogens is 240 g/mol. The number of para-hydroxylation sites is 1. The smallest absolute Gasteiger partial charge is 0.222 e. The molecule has 0 fully saturated rings. The molecule has 0 bridgehead atoms. The third kappa shape index (κ3) is 3.96. The van der Waals surface area contributed by atoms with Crippen LogP contribution in [0.1, 0.15) is 31.7 Å². The summed E-state index contributed by atoms with van der Waals surface area (Å²) in [5, 5.41) is 0. The highest BCUT2D eigenvalue weighted by atomic mass is 16.5. The Hall–Kier alpha value is -1.55. The van der Waals surface area contributed by atoms with Gasteiger partial charge >= 0.3 is 0 Å². The Morgan fingerprint density at radius 3 is 3.05 bits per heavy atom. The van der Waals surface area contributed by atoms with E-state index >= 15 is 0 Å². The van der Waals surface area contributed by atoms with Crippen molar-refractivity contribution in [1.82, 2.24) is 4.90 Å². The van der Waals surface area contributed by atoms with Crippen LogP contribution in [0.15, 0.2) is 24.3 Å². The molecule has 1 aliphatic heterocycles. The van der Waals surface area contributed by atoms with Crippen LogP contribution in [0.5, 0.6) is 5.75 Å². The minimum absolute atomic E-state index is 0.168. The lowest BCUT2D eigenvalue weighted by Crippen LogP contribution is -2.32. The quantitative estimate of drug-likeness (QED) is 0.902. The summed E-state index contributed by atoms with van der Waals surface area (Å²) in [7, 11) is 0. The molecule has 0 saturated carbocycles. The fourth-order valence-electron chi connectivity index (χ4n) is 2.27. The molecule has 0 aliphatic carbocycles. The highest BCUT2D eigenvalue weighted by molar-refractivity contribution is 5.76. The molecule has 4 heteroatoms. The number of hydrogen-bond donors (Lipinski definition) is 1. The second kappa shape index (κ2) is 6.57. The monoisotopic (exact) mass is 262 g/mol. The van der Waals surface area contributed by atoms with Crippen molar-refractivity contribution in [2.75, 3.05) is 13.2 Å². The number of nitrogens with zero attached hydrogens (tertiary/aromatic N) is 1. The molecule has 1 unspecified atom stereocenters. The Labute approximate surface area is 114 Å². The third-order valence-corrected chi connectivity index (χ3v) is 3.36. The van der Waals surface area contributed by atoms with Gasteiger partial charge in [0.15, 0.2) is 0 Å². The topological polar surface area (TPSA) is 55.6 Å². The average molecular weight is 262 g/mol. The minimum Gasteiger partial charge on any atom is -0.491 e. The number of carbonyl (C=O) groups is 1. The molecule has 1 amide bonds. The minimum atomic E-state index is 0.168. The van der Waals surface area contributed by atoms with E-state index in [1.54, 1.807) is 0 Å². The number of hydrogen-bond acceptors (Lipinski definition) is 3. The summed E-state index contributed by atoms with van der Waals surface area (Å²) in [6.07, 6.45) is 2.33. The molecule has 1 aromatic rings. The van der Waals surface area contributed by atoms with Crippen LogP contribution >= 0.6 is 0 Å². The highest BCUT2D eigenvalue weighted by Gasteiger charge is 2.19. The van der Waals surface area contributed by atoms with Crippen LogP contribution in [-0.2, 0) is 11.3 Å². The van der Waals surface area contributed by atoms with Gasteiger partial charge in [-0.15, -0.1) is 0 Å². The number of nitrogens with two attached hydrogens (primary N) is 1. The van der Waals surface area contributed by atoms with Gasteiger partial charge in [0, 0.05) is 24.6 Å². The van der Waals surface area contributed by atoms with Crippen molar-refractivity contribution < 1.29 is 9.53 Å². The summed E-state index contributed by atoms with van der Waals surface area (Å²) in [6, 6.07) is 8.08. The standard InChI is InChI=1S/C15H22N2O2/c1-12(16)5-4-8-15(18)17-9-10-19-14-7-3-2-6-13(14)11-17/h2-3,6-7,12H,4-5,8-11,16H2,1H3. The summed E-state index contributed by atoms with van der Waals surface area (Å²) in [5.74, 6) is 1.09. The first-order valence-corrected chi connectivity index (χ1v) is 6.91. The first-order valence-electron chi connectivity index (χ1n) is 6.91. The van der Waals surface area contributed by atoms with E-state index in [4.69, 9.17) is 10.5 Å². The molecule has 1 aromatic carbocycles. The fraction of sp³-hybridized carbons (Fsp3) is 0.533. The molecule has 4 nitrogen and oxygen atoms in total. The van der Waals surface area contributed by atoms with E-state index in [-0.39, 0.29) is 11.9 Å².